The number of hydrogen-bond acceptors (Lipinski definition) is 7. The second-order valence-electron chi connectivity index (χ2n) is 6.53. The highest BCUT2D eigenvalue weighted by atomic mass is 35.5. The van der Waals surface area contributed by atoms with E-state index >= 15 is 0 Å². The van der Waals surface area contributed by atoms with E-state index in [4.69, 9.17) is 30.5 Å². The van der Waals surface area contributed by atoms with E-state index in [1.807, 2.05) is 0 Å². The minimum absolute atomic E-state index is 0.0378. The van der Waals surface area contributed by atoms with E-state index in [2.05, 4.69) is 5.32 Å². The molecule has 0 saturated carbocycles. The summed E-state index contributed by atoms with van der Waals surface area (Å²) in [5.41, 5.74) is 0.402. The van der Waals surface area contributed by atoms with Gasteiger partial charge in [-0.2, -0.15) is 4.31 Å². The zero-order valence-electron chi connectivity index (χ0n) is 17.3. The Balaban J connectivity index is 1.93. The Morgan fingerprint density at radius 3 is 2.32 bits per heavy atom. The molecular weight excluding hydrogens is 448 g/mol. The number of carbonyl (C=O) groups is 1. The minimum atomic E-state index is -3.75. The van der Waals surface area contributed by atoms with Crippen molar-refractivity contribution in [1.82, 2.24) is 4.31 Å². The van der Waals surface area contributed by atoms with E-state index in [0.29, 0.717) is 24.7 Å². The Labute approximate surface area is 185 Å². The summed E-state index contributed by atoms with van der Waals surface area (Å²) in [6.07, 6.45) is 0. The van der Waals surface area contributed by atoms with E-state index in [9.17, 15) is 13.2 Å². The number of hydrogen-bond donors (Lipinski definition) is 1. The molecule has 3 rings (SSSR count). The Morgan fingerprint density at radius 2 is 1.71 bits per heavy atom. The predicted molar refractivity (Wildman–Crippen MR) is 115 cm³/mol. The highest BCUT2D eigenvalue weighted by Crippen LogP contribution is 2.36. The maximum Gasteiger partial charge on any atom is 0.255 e. The van der Waals surface area contributed by atoms with Crippen molar-refractivity contribution in [3.63, 3.8) is 0 Å². The molecule has 168 valence electrons. The van der Waals surface area contributed by atoms with Crippen LogP contribution < -0.4 is 19.5 Å². The zero-order chi connectivity index (χ0) is 22.6. The predicted octanol–water partition coefficient (Wildman–Crippen LogP) is 2.64. The highest BCUT2D eigenvalue weighted by molar-refractivity contribution is 7.89. The number of rotatable bonds is 7. The van der Waals surface area contributed by atoms with Gasteiger partial charge in [0, 0.05) is 18.7 Å². The van der Waals surface area contributed by atoms with Crippen LogP contribution in [-0.2, 0) is 14.8 Å². The molecule has 0 aliphatic carbocycles. The molecule has 0 atom stereocenters. The van der Waals surface area contributed by atoms with E-state index < -0.39 is 15.9 Å². The SMILES string of the molecule is COc1ccc(S(=O)(=O)N2CCOCC2)cc1NC(=O)c1cc(Cl)c(OC)c(OC)c1. The Hall–Kier alpha value is -2.53. The summed E-state index contributed by atoms with van der Waals surface area (Å²) in [4.78, 5) is 12.9. The summed E-state index contributed by atoms with van der Waals surface area (Å²) in [7, 11) is 0.546. The van der Waals surface area contributed by atoms with Crippen LogP contribution in [0.5, 0.6) is 17.2 Å². The smallest absolute Gasteiger partial charge is 0.255 e. The van der Waals surface area contributed by atoms with E-state index in [1.165, 1.54) is 56.0 Å². The molecule has 2 aromatic carbocycles. The maximum atomic E-state index is 13.0. The first-order valence-corrected chi connectivity index (χ1v) is 11.1. The van der Waals surface area contributed by atoms with Crippen LogP contribution in [0.4, 0.5) is 5.69 Å². The second kappa shape index (κ2) is 9.73. The summed E-state index contributed by atoms with van der Waals surface area (Å²) in [6.45, 7) is 1.19. The molecule has 0 bridgehead atoms. The van der Waals surface area contributed by atoms with Crippen molar-refractivity contribution in [2.75, 3.05) is 52.9 Å². The van der Waals surface area contributed by atoms with Gasteiger partial charge >= 0.3 is 0 Å². The van der Waals surface area contributed by atoms with Gasteiger partial charge in [0.05, 0.1) is 50.1 Å². The van der Waals surface area contributed by atoms with Crippen LogP contribution in [0.3, 0.4) is 0 Å². The third-order valence-corrected chi connectivity index (χ3v) is 6.90. The Morgan fingerprint density at radius 1 is 1.03 bits per heavy atom. The molecule has 1 saturated heterocycles. The molecule has 1 heterocycles. The molecule has 9 nitrogen and oxygen atoms in total. The topological polar surface area (TPSA) is 103 Å². The van der Waals surface area contributed by atoms with Crippen LogP contribution in [0.25, 0.3) is 0 Å². The first-order chi connectivity index (χ1) is 14.8. The number of morpholine rings is 1. The van der Waals surface area contributed by atoms with Crippen molar-refractivity contribution in [3.05, 3.63) is 40.9 Å². The van der Waals surface area contributed by atoms with Gasteiger partial charge in [-0.05, 0) is 30.3 Å². The van der Waals surface area contributed by atoms with Gasteiger partial charge < -0.3 is 24.3 Å². The van der Waals surface area contributed by atoms with Crippen LogP contribution in [0, 0.1) is 0 Å². The van der Waals surface area contributed by atoms with Crippen molar-refractivity contribution >= 4 is 33.2 Å². The summed E-state index contributed by atoms with van der Waals surface area (Å²) in [5.74, 6) is 0.371. The zero-order valence-corrected chi connectivity index (χ0v) is 18.9. The van der Waals surface area contributed by atoms with E-state index in [1.54, 1.807) is 0 Å². The van der Waals surface area contributed by atoms with Gasteiger partial charge in [-0.3, -0.25) is 4.79 Å². The summed E-state index contributed by atoms with van der Waals surface area (Å²) in [5, 5.41) is 2.88. The molecule has 11 heteroatoms. The van der Waals surface area contributed by atoms with Crippen molar-refractivity contribution in [2.45, 2.75) is 4.90 Å². The van der Waals surface area contributed by atoms with Gasteiger partial charge in [-0.25, -0.2) is 8.42 Å². The fraction of sp³-hybridized carbons (Fsp3) is 0.350. The lowest BCUT2D eigenvalue weighted by molar-refractivity contribution is 0.0730. The minimum Gasteiger partial charge on any atom is -0.495 e. The fourth-order valence-electron chi connectivity index (χ4n) is 3.12. The van der Waals surface area contributed by atoms with Crippen LogP contribution in [0.15, 0.2) is 35.2 Å². The van der Waals surface area contributed by atoms with Crippen LogP contribution in [0.2, 0.25) is 5.02 Å². The van der Waals surface area contributed by atoms with Gasteiger partial charge in [0.1, 0.15) is 5.75 Å². The lowest BCUT2D eigenvalue weighted by Gasteiger charge is -2.26. The van der Waals surface area contributed by atoms with Crippen LogP contribution in [-0.4, -0.2) is 66.3 Å². The molecular formula is C20H23ClN2O7S. The molecule has 0 unspecified atom stereocenters. The number of benzene rings is 2. The van der Waals surface area contributed by atoms with Gasteiger partial charge in [-0.1, -0.05) is 11.6 Å². The standard InChI is InChI=1S/C20H23ClN2O7S/c1-27-17-5-4-14(31(25,26)23-6-8-30-9-7-23)12-16(17)22-20(24)13-10-15(21)19(29-3)18(11-13)28-2/h4-5,10-12H,6-9H2,1-3H3,(H,22,24). The molecule has 1 amide bonds. The van der Waals surface area contributed by atoms with Crippen molar-refractivity contribution in [1.29, 1.82) is 0 Å². The van der Waals surface area contributed by atoms with Gasteiger partial charge in [0.15, 0.2) is 11.5 Å². The van der Waals surface area contributed by atoms with Crippen molar-refractivity contribution in [2.24, 2.45) is 0 Å². The molecule has 1 fully saturated rings. The van der Waals surface area contributed by atoms with Crippen molar-refractivity contribution < 1.29 is 32.2 Å². The van der Waals surface area contributed by atoms with Gasteiger partial charge in [-0.15, -0.1) is 0 Å². The molecule has 0 radical (unpaired) electrons. The quantitative estimate of drug-likeness (QED) is 0.663. The highest BCUT2D eigenvalue weighted by Gasteiger charge is 2.27. The third-order valence-electron chi connectivity index (χ3n) is 4.72. The largest absolute Gasteiger partial charge is 0.495 e. The van der Waals surface area contributed by atoms with Gasteiger partial charge in [0.25, 0.3) is 5.91 Å². The number of nitrogens with one attached hydrogen (secondary N) is 1. The number of amides is 1. The van der Waals surface area contributed by atoms with Crippen molar-refractivity contribution in [3.8, 4) is 17.2 Å². The molecule has 1 aliphatic rings. The molecule has 31 heavy (non-hydrogen) atoms. The Kier molecular flexibility index (Phi) is 7.26. The number of methoxy groups -OCH3 is 3. The Bertz CT molecular complexity index is 1070. The first kappa shape index (κ1) is 23.1. The number of halogens is 1. The first-order valence-electron chi connectivity index (χ1n) is 9.30. The summed E-state index contributed by atoms with van der Waals surface area (Å²) in [6, 6.07) is 7.20. The summed E-state index contributed by atoms with van der Waals surface area (Å²) < 4.78 is 48.2. The average Bonchev–Trinajstić information content (AvgIpc) is 2.78. The van der Waals surface area contributed by atoms with Crippen LogP contribution >= 0.6 is 11.6 Å². The lowest BCUT2D eigenvalue weighted by Crippen LogP contribution is -2.40. The lowest BCUT2D eigenvalue weighted by atomic mass is 10.1. The molecule has 1 N–H and O–H groups in total. The number of carbonyl (C=O) groups excluding carboxylic acids is 1. The summed E-state index contributed by atoms with van der Waals surface area (Å²) >= 11 is 6.19. The third kappa shape index (κ3) is 4.87. The molecule has 2 aromatic rings. The number of ether oxygens (including phenoxy) is 4. The van der Waals surface area contributed by atoms with E-state index in [-0.39, 0.29) is 40.0 Å². The molecule has 0 aromatic heterocycles. The maximum absolute atomic E-state index is 13.0. The average molecular weight is 471 g/mol. The van der Waals surface area contributed by atoms with Gasteiger partial charge in [0.2, 0.25) is 10.0 Å². The second-order valence-corrected chi connectivity index (χ2v) is 8.87. The molecule has 0 spiro atoms. The fourth-order valence-corrected chi connectivity index (χ4v) is 4.85. The number of anilines is 1. The van der Waals surface area contributed by atoms with E-state index in [0.717, 1.165) is 0 Å². The molecule has 1 aliphatic heterocycles. The normalized spacial score (nSPS) is 14.7. The monoisotopic (exact) mass is 470 g/mol. The number of nitrogens with zero attached hydrogens (tertiary/aromatic N) is 1. The number of sulfonamides is 1. The van der Waals surface area contributed by atoms with Crippen LogP contribution in [0.1, 0.15) is 10.4 Å².